The van der Waals surface area contributed by atoms with Crippen LogP contribution < -0.4 is 5.32 Å². The zero-order valence-electron chi connectivity index (χ0n) is 15.7. The molecule has 1 aromatic heterocycles. The Kier molecular flexibility index (Phi) is 5.79. The predicted octanol–water partition coefficient (Wildman–Crippen LogP) is 2.65. The highest BCUT2D eigenvalue weighted by Crippen LogP contribution is 2.21. The van der Waals surface area contributed by atoms with Gasteiger partial charge in [0.15, 0.2) is 9.84 Å². The standard InChI is InChI=1S/C20H25N3O3S/c1-3-23(19-8-9-27(25,26)14-19)20(24)17-10-18(13-21-12-17)22-11-16-6-4-15(2)5-7-16/h4-7,10,12-13,19,22H,3,8-9,11,14H2,1-2H3. The molecule has 27 heavy (non-hydrogen) atoms. The Labute approximate surface area is 160 Å². The number of sulfone groups is 1. The van der Waals surface area contributed by atoms with Gasteiger partial charge in [0.2, 0.25) is 0 Å². The van der Waals surface area contributed by atoms with E-state index in [4.69, 9.17) is 0 Å². The molecule has 0 bridgehead atoms. The summed E-state index contributed by atoms with van der Waals surface area (Å²) in [6.07, 6.45) is 3.72. The van der Waals surface area contributed by atoms with Crippen molar-refractivity contribution in [3.63, 3.8) is 0 Å². The molecular weight excluding hydrogens is 362 g/mol. The van der Waals surface area contributed by atoms with E-state index in [0.717, 1.165) is 11.3 Å². The van der Waals surface area contributed by atoms with Crippen LogP contribution in [0.15, 0.2) is 42.7 Å². The minimum absolute atomic E-state index is 0.0470. The Balaban J connectivity index is 1.70. The summed E-state index contributed by atoms with van der Waals surface area (Å²) in [4.78, 5) is 18.7. The third-order valence-electron chi connectivity index (χ3n) is 4.85. The first kappa shape index (κ1) is 19.4. The maximum absolute atomic E-state index is 12.9. The van der Waals surface area contributed by atoms with Crippen molar-refractivity contribution in [2.45, 2.75) is 32.9 Å². The second-order valence-electron chi connectivity index (χ2n) is 6.95. The highest BCUT2D eigenvalue weighted by Gasteiger charge is 2.34. The molecule has 7 heteroatoms. The molecule has 1 aliphatic heterocycles. The van der Waals surface area contributed by atoms with Gasteiger partial charge in [-0.05, 0) is 31.9 Å². The minimum atomic E-state index is -3.04. The summed E-state index contributed by atoms with van der Waals surface area (Å²) in [6, 6.07) is 9.76. The van der Waals surface area contributed by atoms with Crippen molar-refractivity contribution >= 4 is 21.4 Å². The van der Waals surface area contributed by atoms with E-state index in [9.17, 15) is 13.2 Å². The first-order valence-electron chi connectivity index (χ1n) is 9.14. The van der Waals surface area contributed by atoms with Crippen molar-refractivity contribution in [2.24, 2.45) is 0 Å². The van der Waals surface area contributed by atoms with Gasteiger partial charge in [-0.3, -0.25) is 9.78 Å². The Bertz CT molecular complexity index is 910. The van der Waals surface area contributed by atoms with Crippen molar-refractivity contribution in [2.75, 3.05) is 23.4 Å². The third-order valence-corrected chi connectivity index (χ3v) is 6.60. The van der Waals surface area contributed by atoms with Gasteiger partial charge in [-0.2, -0.15) is 0 Å². The van der Waals surface area contributed by atoms with E-state index in [1.165, 1.54) is 11.8 Å². The maximum Gasteiger partial charge on any atom is 0.255 e. The van der Waals surface area contributed by atoms with E-state index in [-0.39, 0.29) is 23.5 Å². The normalized spacial score (nSPS) is 18.2. The molecule has 144 valence electrons. The number of aryl methyl sites for hydroxylation is 1. The molecule has 1 N–H and O–H groups in total. The summed E-state index contributed by atoms with van der Waals surface area (Å²) < 4.78 is 23.5. The smallest absolute Gasteiger partial charge is 0.255 e. The number of carbonyl (C=O) groups excluding carboxylic acids is 1. The van der Waals surface area contributed by atoms with Crippen LogP contribution in [0.25, 0.3) is 0 Å². The Morgan fingerprint density at radius 2 is 2.00 bits per heavy atom. The van der Waals surface area contributed by atoms with Crippen LogP contribution in [-0.4, -0.2) is 48.3 Å². The largest absolute Gasteiger partial charge is 0.380 e. The number of amides is 1. The molecule has 1 unspecified atom stereocenters. The number of hydrogen-bond acceptors (Lipinski definition) is 5. The SMILES string of the molecule is CCN(C(=O)c1cncc(NCc2ccc(C)cc2)c1)C1CCS(=O)(=O)C1. The van der Waals surface area contributed by atoms with Crippen LogP contribution >= 0.6 is 0 Å². The second-order valence-corrected chi connectivity index (χ2v) is 9.18. The van der Waals surface area contributed by atoms with Gasteiger partial charge in [0.05, 0.1) is 22.8 Å². The average molecular weight is 388 g/mol. The van der Waals surface area contributed by atoms with Crippen LogP contribution in [-0.2, 0) is 16.4 Å². The summed E-state index contributed by atoms with van der Waals surface area (Å²) in [5, 5.41) is 3.29. The van der Waals surface area contributed by atoms with Gasteiger partial charge in [0.1, 0.15) is 0 Å². The number of aromatic nitrogens is 1. The number of nitrogens with zero attached hydrogens (tertiary/aromatic N) is 2. The second kappa shape index (κ2) is 8.08. The summed E-state index contributed by atoms with van der Waals surface area (Å²) in [5.41, 5.74) is 3.58. The summed E-state index contributed by atoms with van der Waals surface area (Å²) in [7, 11) is -3.04. The molecule has 0 radical (unpaired) electrons. The fraction of sp³-hybridized carbons (Fsp3) is 0.400. The van der Waals surface area contributed by atoms with Crippen LogP contribution in [0, 0.1) is 6.92 Å². The number of nitrogens with one attached hydrogen (secondary N) is 1. The quantitative estimate of drug-likeness (QED) is 0.824. The predicted molar refractivity (Wildman–Crippen MR) is 107 cm³/mol. The van der Waals surface area contributed by atoms with Crippen LogP contribution in [0.2, 0.25) is 0 Å². The highest BCUT2D eigenvalue weighted by molar-refractivity contribution is 7.91. The van der Waals surface area contributed by atoms with E-state index >= 15 is 0 Å². The van der Waals surface area contributed by atoms with E-state index in [1.54, 1.807) is 17.2 Å². The lowest BCUT2D eigenvalue weighted by Crippen LogP contribution is -2.41. The highest BCUT2D eigenvalue weighted by atomic mass is 32.2. The Hall–Kier alpha value is -2.41. The van der Waals surface area contributed by atoms with Gasteiger partial charge < -0.3 is 10.2 Å². The lowest BCUT2D eigenvalue weighted by atomic mass is 10.1. The van der Waals surface area contributed by atoms with E-state index < -0.39 is 9.84 Å². The first-order chi connectivity index (χ1) is 12.9. The van der Waals surface area contributed by atoms with Gasteiger partial charge in [0.25, 0.3) is 5.91 Å². The maximum atomic E-state index is 12.9. The van der Waals surface area contributed by atoms with E-state index in [2.05, 4.69) is 34.6 Å². The molecule has 0 aliphatic carbocycles. The topological polar surface area (TPSA) is 79.4 Å². The van der Waals surface area contributed by atoms with Crippen molar-refractivity contribution in [3.05, 3.63) is 59.4 Å². The number of carbonyl (C=O) groups is 1. The van der Waals surface area contributed by atoms with E-state index in [1.807, 2.05) is 13.8 Å². The molecule has 0 spiro atoms. The molecule has 0 saturated carbocycles. The number of rotatable bonds is 6. The molecular formula is C20H25N3O3S. The fourth-order valence-electron chi connectivity index (χ4n) is 3.32. The van der Waals surface area contributed by atoms with Crippen molar-refractivity contribution < 1.29 is 13.2 Å². The third kappa shape index (κ3) is 4.86. The molecule has 2 heterocycles. The molecule has 1 fully saturated rings. The molecule has 1 aromatic carbocycles. The van der Waals surface area contributed by atoms with Crippen molar-refractivity contribution in [1.82, 2.24) is 9.88 Å². The monoisotopic (exact) mass is 387 g/mol. The summed E-state index contributed by atoms with van der Waals surface area (Å²) in [6.45, 7) is 5.03. The first-order valence-corrected chi connectivity index (χ1v) is 11.0. The molecule has 1 amide bonds. The van der Waals surface area contributed by atoms with Crippen molar-refractivity contribution in [1.29, 1.82) is 0 Å². The minimum Gasteiger partial charge on any atom is -0.380 e. The summed E-state index contributed by atoms with van der Waals surface area (Å²) >= 11 is 0. The van der Waals surface area contributed by atoms with Crippen LogP contribution in [0.5, 0.6) is 0 Å². The van der Waals surface area contributed by atoms with Crippen molar-refractivity contribution in [3.8, 4) is 0 Å². The zero-order chi connectivity index (χ0) is 19.4. The molecule has 1 atom stereocenters. The average Bonchev–Trinajstić information content (AvgIpc) is 3.01. The van der Waals surface area contributed by atoms with Gasteiger partial charge >= 0.3 is 0 Å². The Morgan fingerprint density at radius 3 is 2.63 bits per heavy atom. The van der Waals surface area contributed by atoms with Gasteiger partial charge in [0, 0.05) is 31.5 Å². The lowest BCUT2D eigenvalue weighted by molar-refractivity contribution is 0.0708. The molecule has 1 saturated heterocycles. The van der Waals surface area contributed by atoms with Crippen LogP contribution in [0.4, 0.5) is 5.69 Å². The van der Waals surface area contributed by atoms with Crippen LogP contribution in [0.1, 0.15) is 34.8 Å². The summed E-state index contributed by atoms with van der Waals surface area (Å²) in [5.74, 6) is 0.0227. The number of benzene rings is 1. The van der Waals surface area contributed by atoms with Crippen LogP contribution in [0.3, 0.4) is 0 Å². The molecule has 3 rings (SSSR count). The number of anilines is 1. The zero-order valence-corrected chi connectivity index (χ0v) is 16.5. The number of hydrogen-bond donors (Lipinski definition) is 1. The van der Waals surface area contributed by atoms with Gasteiger partial charge in [-0.15, -0.1) is 0 Å². The molecule has 2 aromatic rings. The lowest BCUT2D eigenvalue weighted by Gasteiger charge is -2.27. The fourth-order valence-corrected chi connectivity index (χ4v) is 5.05. The molecule has 1 aliphatic rings. The molecule has 6 nitrogen and oxygen atoms in total. The van der Waals surface area contributed by atoms with Gasteiger partial charge in [-0.25, -0.2) is 8.42 Å². The van der Waals surface area contributed by atoms with E-state index in [0.29, 0.717) is 25.1 Å². The number of pyridine rings is 1. The Morgan fingerprint density at radius 1 is 1.26 bits per heavy atom. The van der Waals surface area contributed by atoms with Gasteiger partial charge in [-0.1, -0.05) is 29.8 Å².